The van der Waals surface area contributed by atoms with E-state index in [2.05, 4.69) is 24.5 Å². The third kappa shape index (κ3) is 20.0. The van der Waals surface area contributed by atoms with Crippen molar-refractivity contribution >= 4 is 47.3 Å². The number of esters is 2. The summed E-state index contributed by atoms with van der Waals surface area (Å²) in [6.45, 7) is 9.05. The summed E-state index contributed by atoms with van der Waals surface area (Å²) in [7, 11) is 0. The van der Waals surface area contributed by atoms with Gasteiger partial charge in [-0.25, -0.2) is 9.59 Å². The van der Waals surface area contributed by atoms with Crippen molar-refractivity contribution in [3.05, 3.63) is 108 Å². The number of aromatic hydroxyl groups is 4. The Bertz CT molecular complexity index is 2800. The molecule has 0 aromatic heterocycles. The molecule has 1 saturated heterocycles. The van der Waals surface area contributed by atoms with Crippen LogP contribution in [0.15, 0.2) is 97.1 Å². The molecule has 7 rings (SSSR count). The van der Waals surface area contributed by atoms with Crippen LogP contribution < -0.4 is 20.1 Å². The summed E-state index contributed by atoms with van der Waals surface area (Å²) in [4.78, 5) is 51.4. The molecule has 4 aromatic rings. The number of benzene rings is 4. The fraction of sp³-hybridized carbons (Fsp3) is 0.492. The van der Waals surface area contributed by atoms with Gasteiger partial charge in [-0.05, 0) is 123 Å². The van der Waals surface area contributed by atoms with Crippen LogP contribution in [0.4, 0.5) is 11.4 Å². The number of carbonyl (C=O) groups is 4. The Morgan fingerprint density at radius 1 is 0.542 bits per heavy atom. The molecular formula is C63H82N2O18. The van der Waals surface area contributed by atoms with E-state index in [1.807, 2.05) is 0 Å². The Hall–Kier alpha value is -7.20. The highest BCUT2D eigenvalue weighted by atomic mass is 16.8. The normalized spacial score (nSPS) is 23.6. The van der Waals surface area contributed by atoms with Crippen LogP contribution in [0.25, 0.3) is 12.2 Å². The van der Waals surface area contributed by atoms with Crippen LogP contribution in [-0.2, 0) is 38.1 Å². The van der Waals surface area contributed by atoms with E-state index in [0.29, 0.717) is 47.2 Å². The number of hydrogen-bond acceptors (Lipinski definition) is 18. The second-order valence-electron chi connectivity index (χ2n) is 21.9. The van der Waals surface area contributed by atoms with Crippen LogP contribution in [-0.4, -0.2) is 131 Å². The van der Waals surface area contributed by atoms with Gasteiger partial charge < -0.3 is 79.9 Å². The average molecular weight is 1160 g/mol. The maximum atomic E-state index is 13.4. The van der Waals surface area contributed by atoms with Crippen LogP contribution in [0.5, 0.6) is 34.5 Å². The molecule has 1 heterocycles. The maximum absolute atomic E-state index is 13.4. The molecule has 8 unspecified atom stereocenters. The molecule has 1 aliphatic heterocycles. The van der Waals surface area contributed by atoms with Crippen molar-refractivity contribution < 1.29 is 88.5 Å². The van der Waals surface area contributed by atoms with E-state index < -0.39 is 90.2 Å². The van der Waals surface area contributed by atoms with Crippen molar-refractivity contribution in [2.45, 2.75) is 184 Å². The molecule has 3 aliphatic rings. The number of amides is 2. The molecule has 452 valence electrons. The number of unbranched alkanes of at least 4 members (excludes halogenated alkanes) is 10. The zero-order valence-electron chi connectivity index (χ0n) is 47.7. The summed E-state index contributed by atoms with van der Waals surface area (Å²) in [6.07, 6.45) is 11.1. The predicted molar refractivity (Wildman–Crippen MR) is 309 cm³/mol. The number of ether oxygens (including phenoxy) is 6. The van der Waals surface area contributed by atoms with Gasteiger partial charge in [0.25, 0.3) is 11.8 Å². The smallest absolute Gasteiger partial charge is 0.331 e. The number of hydrogen-bond donors (Lipinski definition) is 10. The molecular weight excluding hydrogens is 1070 g/mol. The van der Waals surface area contributed by atoms with E-state index in [4.69, 9.17) is 28.4 Å². The Morgan fingerprint density at radius 2 is 0.964 bits per heavy atom. The van der Waals surface area contributed by atoms with E-state index in [1.54, 1.807) is 62.4 Å². The molecule has 83 heavy (non-hydrogen) atoms. The molecule has 3 fully saturated rings. The summed E-state index contributed by atoms with van der Waals surface area (Å²) in [6, 6.07) is 21.7. The highest BCUT2D eigenvalue weighted by Gasteiger charge is 2.57. The van der Waals surface area contributed by atoms with Crippen molar-refractivity contribution in [1.29, 1.82) is 0 Å². The van der Waals surface area contributed by atoms with Gasteiger partial charge in [-0.15, -0.1) is 0 Å². The monoisotopic (exact) mass is 1150 g/mol. The van der Waals surface area contributed by atoms with Crippen LogP contribution in [0.3, 0.4) is 0 Å². The molecule has 0 bridgehead atoms. The topological polar surface area (TPSA) is 310 Å². The molecule has 0 radical (unpaired) electrons. The summed E-state index contributed by atoms with van der Waals surface area (Å²) in [5.41, 5.74) is -2.25. The Morgan fingerprint density at radius 3 is 1.42 bits per heavy atom. The highest BCUT2D eigenvalue weighted by Crippen LogP contribution is 2.43. The summed E-state index contributed by atoms with van der Waals surface area (Å²) in [5, 5.41) is 86.7. The van der Waals surface area contributed by atoms with E-state index >= 15 is 0 Å². The molecule has 4 aromatic carbocycles. The number of anilines is 2. The van der Waals surface area contributed by atoms with Gasteiger partial charge >= 0.3 is 11.9 Å². The first kappa shape index (κ1) is 65.0. The highest BCUT2D eigenvalue weighted by molar-refractivity contribution is 5.98. The van der Waals surface area contributed by atoms with Gasteiger partial charge in [0.15, 0.2) is 28.8 Å². The fourth-order valence-corrected chi connectivity index (χ4v) is 9.95. The molecule has 0 spiro atoms. The van der Waals surface area contributed by atoms with Gasteiger partial charge in [-0.2, -0.15) is 0 Å². The Kier molecular flexibility index (Phi) is 24.2. The molecule has 2 amide bonds. The number of nitrogens with one attached hydrogen (secondary N) is 2. The second kappa shape index (κ2) is 30.9. The van der Waals surface area contributed by atoms with Crippen molar-refractivity contribution in [3.8, 4) is 34.5 Å². The predicted octanol–water partition coefficient (Wildman–Crippen LogP) is 9.09. The minimum Gasteiger partial charge on any atom is -0.504 e. The molecule has 20 nitrogen and oxygen atoms in total. The minimum atomic E-state index is -2.11. The lowest BCUT2D eigenvalue weighted by Gasteiger charge is -2.40. The van der Waals surface area contributed by atoms with E-state index in [9.17, 15) is 60.0 Å². The quantitative estimate of drug-likeness (QED) is 0.0121. The number of phenols is 4. The maximum Gasteiger partial charge on any atom is 0.331 e. The lowest BCUT2D eigenvalue weighted by molar-refractivity contribution is -0.184. The number of phenolic OH excluding ortho intramolecular Hbond substituents is 4. The van der Waals surface area contributed by atoms with Gasteiger partial charge in [0.2, 0.25) is 0 Å². The number of carbonyl (C=O) groups excluding carboxylic acids is 4. The van der Waals surface area contributed by atoms with Crippen LogP contribution in [0, 0.1) is 0 Å². The first-order valence-corrected chi connectivity index (χ1v) is 28.7. The van der Waals surface area contributed by atoms with Crippen LogP contribution in [0.2, 0.25) is 0 Å². The number of rotatable bonds is 26. The minimum absolute atomic E-state index is 0.0386. The fourth-order valence-electron chi connectivity index (χ4n) is 9.95. The van der Waals surface area contributed by atoms with Crippen molar-refractivity contribution in [3.63, 3.8) is 0 Å². The molecule has 2 aliphatic carbocycles. The number of aliphatic hydroxyl groups excluding tert-OH is 2. The number of fused-ring (bicyclic) bond motifs is 1. The van der Waals surface area contributed by atoms with Crippen molar-refractivity contribution in [2.24, 2.45) is 0 Å². The summed E-state index contributed by atoms with van der Waals surface area (Å²) >= 11 is 0. The molecule has 10 N–H and O–H groups in total. The van der Waals surface area contributed by atoms with E-state index in [1.165, 1.54) is 99.9 Å². The SMILES string of the molecule is CCCCCCCCOc1ccc(NC(=O)C2(O)CC(O)C(O)C(OC(=O)/C=C/c3ccc(O)c(O)c3)C2)cc1.CCCCCCCCOc1ccc(NC(=O)C2(O)CC(OC(=O)/C=C/c3ccc(O)c(O)c3)C3OC(C)(C)OC3C2)cc1. The van der Waals surface area contributed by atoms with E-state index in [-0.39, 0.29) is 35.8 Å². The molecule has 2 saturated carbocycles. The van der Waals surface area contributed by atoms with Gasteiger partial charge in [-0.3, -0.25) is 9.59 Å². The zero-order valence-corrected chi connectivity index (χ0v) is 47.7. The van der Waals surface area contributed by atoms with Gasteiger partial charge in [0.05, 0.1) is 25.4 Å². The zero-order chi connectivity index (χ0) is 60.2. The molecule has 20 heteroatoms. The molecule has 8 atom stereocenters. The average Bonchev–Trinajstić information content (AvgIpc) is 2.50. The Labute approximate surface area is 484 Å². The van der Waals surface area contributed by atoms with Gasteiger partial charge in [-0.1, -0.05) is 90.2 Å². The Balaban J connectivity index is 0.000000267. The van der Waals surface area contributed by atoms with Crippen LogP contribution in [0.1, 0.15) is 142 Å². The van der Waals surface area contributed by atoms with Crippen molar-refractivity contribution in [1.82, 2.24) is 0 Å². The third-order valence-electron chi connectivity index (χ3n) is 14.5. The number of aliphatic hydroxyl groups is 4. The largest absolute Gasteiger partial charge is 0.504 e. The first-order valence-electron chi connectivity index (χ1n) is 28.7. The lowest BCUT2D eigenvalue weighted by atomic mass is 9.79. The standard InChI is InChI=1S/C33H43NO9.C30H39NO9/c1-4-5-6-7-8-9-18-40-24-14-12-23(13-15-24)34-31(38)33(39)20-27(30-28(21-33)42-32(2,3)43-30)41-29(37)17-11-22-10-16-25(35)26(36)19-22;1-2-3-4-5-6-7-16-39-22-12-10-21(11-13-22)31-29(37)30(38)18-25(34)28(36)26(19-30)40-27(35)15-9-20-8-14-23(32)24(33)17-20/h10-17,19,27-28,30,35-36,39H,4-9,18,20-21H2,1-3H3,(H,34,38);8-15,17,25-26,28,32-34,36,38H,2-7,16,18-19H2,1H3,(H,31,37)/b17-11+;15-9+. The summed E-state index contributed by atoms with van der Waals surface area (Å²) < 4.78 is 34.4. The van der Waals surface area contributed by atoms with Crippen LogP contribution >= 0.6 is 0 Å². The summed E-state index contributed by atoms with van der Waals surface area (Å²) in [5.74, 6) is -4.00. The second-order valence-corrected chi connectivity index (χ2v) is 21.9. The van der Waals surface area contributed by atoms with Gasteiger partial charge in [0, 0.05) is 49.2 Å². The van der Waals surface area contributed by atoms with Gasteiger partial charge in [0.1, 0.15) is 47.1 Å². The lowest BCUT2D eigenvalue weighted by Crippen LogP contribution is -2.58. The van der Waals surface area contributed by atoms with E-state index in [0.717, 1.165) is 37.8 Å². The third-order valence-corrected chi connectivity index (χ3v) is 14.5. The van der Waals surface area contributed by atoms with Crippen molar-refractivity contribution in [2.75, 3.05) is 23.8 Å². The first-order chi connectivity index (χ1) is 39.6.